The van der Waals surface area contributed by atoms with Crippen LogP contribution in [0.1, 0.15) is 18.2 Å². The number of carbonyl (C=O) groups is 1. The number of hydrogen-bond donors (Lipinski definition) is 0. The van der Waals surface area contributed by atoms with Gasteiger partial charge in [-0.1, -0.05) is 28.9 Å². The molecular formula is C20H16ClN3O4. The minimum Gasteiger partial charge on any atom is -0.486 e. The average Bonchev–Trinajstić information content (AvgIpc) is 3.34. The summed E-state index contributed by atoms with van der Waals surface area (Å²) in [5.74, 6) is 2.10. The van der Waals surface area contributed by atoms with Gasteiger partial charge >= 0.3 is 0 Å². The molecule has 0 N–H and O–H groups in total. The molecule has 1 amide bonds. The first kappa shape index (κ1) is 17.1. The normalized spacial score (nSPS) is 18.5. The fraction of sp³-hybridized carbons (Fsp3) is 0.250. The van der Waals surface area contributed by atoms with Gasteiger partial charge < -0.3 is 18.9 Å². The summed E-state index contributed by atoms with van der Waals surface area (Å²) >= 11 is 6.03. The molecule has 0 bridgehead atoms. The molecule has 0 spiro atoms. The minimum absolute atomic E-state index is 0.00387. The Morgan fingerprint density at radius 1 is 1.07 bits per heavy atom. The average molecular weight is 398 g/mol. The minimum atomic E-state index is -0.166. The predicted molar refractivity (Wildman–Crippen MR) is 102 cm³/mol. The van der Waals surface area contributed by atoms with Gasteiger partial charge in [-0.05, 0) is 24.3 Å². The maximum Gasteiger partial charge on any atom is 0.232 e. The lowest BCUT2D eigenvalue weighted by molar-refractivity contribution is -0.117. The van der Waals surface area contributed by atoms with Gasteiger partial charge in [0.25, 0.3) is 0 Å². The third-order valence-electron chi connectivity index (χ3n) is 4.84. The number of nitrogens with zero attached hydrogens (tertiary/aromatic N) is 3. The predicted octanol–water partition coefficient (Wildman–Crippen LogP) is 3.68. The third-order valence-corrected chi connectivity index (χ3v) is 5.07. The number of halogens is 1. The lowest BCUT2D eigenvalue weighted by Gasteiger charge is -2.22. The molecule has 1 atom stereocenters. The maximum atomic E-state index is 12.6. The molecule has 2 aliphatic rings. The number of anilines is 1. The van der Waals surface area contributed by atoms with Crippen LogP contribution in [0.5, 0.6) is 11.5 Å². The summed E-state index contributed by atoms with van der Waals surface area (Å²) in [7, 11) is 0. The quantitative estimate of drug-likeness (QED) is 0.670. The number of ether oxygens (including phenoxy) is 2. The van der Waals surface area contributed by atoms with E-state index in [0.29, 0.717) is 54.4 Å². The van der Waals surface area contributed by atoms with E-state index in [-0.39, 0.29) is 11.8 Å². The van der Waals surface area contributed by atoms with Crippen molar-refractivity contribution in [1.82, 2.24) is 10.1 Å². The van der Waals surface area contributed by atoms with Gasteiger partial charge in [0, 0.05) is 35.3 Å². The van der Waals surface area contributed by atoms with E-state index in [0.717, 1.165) is 11.3 Å². The molecule has 1 fully saturated rings. The van der Waals surface area contributed by atoms with Crippen molar-refractivity contribution in [3.05, 3.63) is 53.4 Å². The van der Waals surface area contributed by atoms with Crippen molar-refractivity contribution in [3.8, 4) is 22.9 Å². The van der Waals surface area contributed by atoms with Crippen molar-refractivity contribution in [2.45, 2.75) is 12.3 Å². The number of benzene rings is 2. The van der Waals surface area contributed by atoms with Crippen LogP contribution in [0.15, 0.2) is 47.0 Å². The Kier molecular flexibility index (Phi) is 4.16. The van der Waals surface area contributed by atoms with Gasteiger partial charge in [-0.2, -0.15) is 4.98 Å². The van der Waals surface area contributed by atoms with E-state index in [1.807, 2.05) is 30.3 Å². The first-order valence-corrected chi connectivity index (χ1v) is 9.35. The molecule has 3 aromatic rings. The molecule has 2 aromatic carbocycles. The molecule has 1 saturated heterocycles. The van der Waals surface area contributed by atoms with E-state index >= 15 is 0 Å². The Hall–Kier alpha value is -3.06. The Morgan fingerprint density at radius 3 is 2.79 bits per heavy atom. The van der Waals surface area contributed by atoms with Crippen LogP contribution in [-0.2, 0) is 4.79 Å². The summed E-state index contributed by atoms with van der Waals surface area (Å²) < 4.78 is 16.6. The SMILES string of the molecule is O=C1C[C@H](c2nc(-c3cccc(Cl)c3)no2)CN1c1ccc2c(c1)OCCO2. The number of aromatic nitrogens is 2. The third kappa shape index (κ3) is 3.07. The van der Waals surface area contributed by atoms with Gasteiger partial charge in [0.1, 0.15) is 13.2 Å². The number of rotatable bonds is 3. The Balaban J connectivity index is 1.37. The fourth-order valence-electron chi connectivity index (χ4n) is 3.47. The Bertz CT molecular complexity index is 1050. The van der Waals surface area contributed by atoms with E-state index in [9.17, 15) is 4.79 Å². The van der Waals surface area contributed by atoms with Crippen LogP contribution in [0.4, 0.5) is 5.69 Å². The van der Waals surface area contributed by atoms with Gasteiger partial charge in [-0.15, -0.1) is 0 Å². The standard InChI is InChI=1S/C20H16ClN3O4/c21-14-3-1-2-12(8-14)19-22-20(28-23-19)13-9-18(25)24(11-13)15-4-5-16-17(10-15)27-7-6-26-16/h1-5,8,10,13H,6-7,9,11H2/t13-/m0/s1. The summed E-state index contributed by atoms with van der Waals surface area (Å²) in [5.41, 5.74) is 1.54. The van der Waals surface area contributed by atoms with Crippen molar-refractivity contribution in [2.24, 2.45) is 0 Å². The van der Waals surface area contributed by atoms with E-state index in [1.54, 1.807) is 17.0 Å². The van der Waals surface area contributed by atoms with Crippen LogP contribution < -0.4 is 14.4 Å². The lowest BCUT2D eigenvalue weighted by Crippen LogP contribution is -2.24. The summed E-state index contributed by atoms with van der Waals surface area (Å²) in [6, 6.07) is 12.8. The van der Waals surface area contributed by atoms with Crippen molar-refractivity contribution in [3.63, 3.8) is 0 Å². The van der Waals surface area contributed by atoms with Crippen molar-refractivity contribution < 1.29 is 18.8 Å². The Labute approximate surface area is 165 Å². The van der Waals surface area contributed by atoms with Crippen LogP contribution in [0.3, 0.4) is 0 Å². The Morgan fingerprint density at radius 2 is 1.93 bits per heavy atom. The second-order valence-corrected chi connectivity index (χ2v) is 7.14. The first-order chi connectivity index (χ1) is 13.7. The molecule has 8 heteroatoms. The van der Waals surface area contributed by atoms with Crippen molar-refractivity contribution in [2.75, 3.05) is 24.7 Å². The van der Waals surface area contributed by atoms with Crippen molar-refractivity contribution >= 4 is 23.2 Å². The monoisotopic (exact) mass is 397 g/mol. The van der Waals surface area contributed by atoms with Gasteiger partial charge in [-0.25, -0.2) is 0 Å². The molecule has 0 radical (unpaired) electrons. The second kappa shape index (κ2) is 6.83. The second-order valence-electron chi connectivity index (χ2n) is 6.70. The fourth-order valence-corrected chi connectivity index (χ4v) is 3.66. The van der Waals surface area contributed by atoms with Gasteiger partial charge in [-0.3, -0.25) is 4.79 Å². The molecule has 0 saturated carbocycles. The molecule has 5 rings (SSSR count). The molecular weight excluding hydrogens is 382 g/mol. The zero-order valence-corrected chi connectivity index (χ0v) is 15.6. The molecule has 2 aliphatic heterocycles. The van der Waals surface area contributed by atoms with Crippen LogP contribution >= 0.6 is 11.6 Å². The molecule has 142 valence electrons. The zero-order valence-electron chi connectivity index (χ0n) is 14.8. The summed E-state index contributed by atoms with van der Waals surface area (Å²) in [6.45, 7) is 1.50. The highest BCUT2D eigenvalue weighted by atomic mass is 35.5. The van der Waals surface area contributed by atoms with Gasteiger partial charge in [0.05, 0.1) is 5.92 Å². The highest BCUT2D eigenvalue weighted by Gasteiger charge is 2.35. The zero-order chi connectivity index (χ0) is 19.1. The summed E-state index contributed by atoms with van der Waals surface area (Å²) in [4.78, 5) is 18.8. The number of carbonyl (C=O) groups excluding carboxylic acids is 1. The summed E-state index contributed by atoms with van der Waals surface area (Å²) in [5, 5.41) is 4.64. The smallest absolute Gasteiger partial charge is 0.232 e. The van der Waals surface area contributed by atoms with Crippen molar-refractivity contribution in [1.29, 1.82) is 0 Å². The molecule has 7 nitrogen and oxygen atoms in total. The van der Waals surface area contributed by atoms with E-state index in [2.05, 4.69) is 10.1 Å². The molecule has 0 aliphatic carbocycles. The van der Waals surface area contributed by atoms with Crippen LogP contribution in [0.2, 0.25) is 5.02 Å². The van der Waals surface area contributed by atoms with Gasteiger partial charge in [0.2, 0.25) is 17.6 Å². The largest absolute Gasteiger partial charge is 0.486 e. The van der Waals surface area contributed by atoms with Crippen LogP contribution in [0.25, 0.3) is 11.4 Å². The number of amides is 1. The first-order valence-electron chi connectivity index (χ1n) is 8.97. The highest BCUT2D eigenvalue weighted by Crippen LogP contribution is 2.37. The van der Waals surface area contributed by atoms with E-state index < -0.39 is 0 Å². The maximum absolute atomic E-state index is 12.6. The van der Waals surface area contributed by atoms with E-state index in [4.69, 9.17) is 25.6 Å². The molecule has 3 heterocycles. The molecule has 0 unspecified atom stereocenters. The van der Waals surface area contributed by atoms with Gasteiger partial charge in [0.15, 0.2) is 11.5 Å². The highest BCUT2D eigenvalue weighted by molar-refractivity contribution is 6.30. The topological polar surface area (TPSA) is 77.7 Å². The van der Waals surface area contributed by atoms with Crippen LogP contribution in [-0.4, -0.2) is 35.8 Å². The molecule has 28 heavy (non-hydrogen) atoms. The number of fused-ring (bicyclic) bond motifs is 1. The molecule has 1 aromatic heterocycles. The van der Waals surface area contributed by atoms with E-state index in [1.165, 1.54) is 0 Å². The van der Waals surface area contributed by atoms with Crippen LogP contribution in [0, 0.1) is 0 Å². The number of hydrogen-bond acceptors (Lipinski definition) is 6. The summed E-state index contributed by atoms with van der Waals surface area (Å²) in [6.07, 6.45) is 0.311. The lowest BCUT2D eigenvalue weighted by atomic mass is 10.1.